The maximum atomic E-state index is 12.8. The summed E-state index contributed by atoms with van der Waals surface area (Å²) < 4.78 is 23.5. The van der Waals surface area contributed by atoms with Crippen molar-refractivity contribution in [1.29, 1.82) is 0 Å². The number of piperazine rings is 1. The van der Waals surface area contributed by atoms with Gasteiger partial charge < -0.3 is 28.6 Å². The van der Waals surface area contributed by atoms with Crippen LogP contribution >= 0.6 is 0 Å². The van der Waals surface area contributed by atoms with Gasteiger partial charge in [-0.25, -0.2) is 4.79 Å². The summed E-state index contributed by atoms with van der Waals surface area (Å²) in [7, 11) is -0.490. The highest BCUT2D eigenvalue weighted by molar-refractivity contribution is 6.62. The minimum Gasteiger partial charge on any atom is -0.484 e. The van der Waals surface area contributed by atoms with E-state index < -0.39 is 23.9 Å². The van der Waals surface area contributed by atoms with Crippen LogP contribution in [0.1, 0.15) is 55.4 Å². The molecule has 8 nitrogen and oxygen atoms in total. The van der Waals surface area contributed by atoms with Gasteiger partial charge in [0, 0.05) is 25.7 Å². The molecule has 2 amide bonds. The van der Waals surface area contributed by atoms with E-state index in [-0.39, 0.29) is 24.6 Å². The quantitative estimate of drug-likeness (QED) is 0.644. The Balaban J connectivity index is 1.54. The number of nitrogens with zero attached hydrogens (tertiary/aromatic N) is 2. The summed E-state index contributed by atoms with van der Waals surface area (Å²) in [6.45, 7) is 16.7. The number of amides is 2. The van der Waals surface area contributed by atoms with E-state index in [4.69, 9.17) is 18.8 Å². The molecule has 2 aliphatic rings. The predicted octanol–water partition coefficient (Wildman–Crippen LogP) is 2.83. The van der Waals surface area contributed by atoms with Gasteiger partial charge in [-0.1, -0.05) is 12.1 Å². The zero-order chi connectivity index (χ0) is 24.6. The Bertz CT molecular complexity index is 866. The van der Waals surface area contributed by atoms with Crippen molar-refractivity contribution >= 4 is 24.6 Å². The van der Waals surface area contributed by atoms with Gasteiger partial charge in [0.2, 0.25) is 0 Å². The topological polar surface area (TPSA) is 77.5 Å². The van der Waals surface area contributed by atoms with E-state index in [1.54, 1.807) is 9.80 Å². The molecule has 0 unspecified atom stereocenters. The lowest BCUT2D eigenvalue weighted by Gasteiger charge is -2.40. The molecule has 0 N–H and O–H groups in total. The van der Waals surface area contributed by atoms with Crippen molar-refractivity contribution < 1.29 is 28.4 Å². The number of carbonyl (C=O) groups excluding carboxylic acids is 2. The van der Waals surface area contributed by atoms with Crippen molar-refractivity contribution in [3.63, 3.8) is 0 Å². The van der Waals surface area contributed by atoms with Gasteiger partial charge >= 0.3 is 13.2 Å². The number of rotatable bonds is 4. The van der Waals surface area contributed by atoms with Crippen molar-refractivity contribution in [2.45, 2.75) is 78.2 Å². The number of hydrogen-bond donors (Lipinski definition) is 0. The van der Waals surface area contributed by atoms with Crippen molar-refractivity contribution in [1.82, 2.24) is 9.80 Å². The van der Waals surface area contributed by atoms with E-state index in [1.165, 1.54) is 0 Å². The van der Waals surface area contributed by atoms with E-state index in [0.717, 1.165) is 5.46 Å². The average Bonchev–Trinajstić information content (AvgIpc) is 2.92. The SMILES string of the molecule is C[C@@H]1CN(C(=O)COc2cccc(B3OC(C)(C)C(C)(C)O3)c2)CCN1C(=O)OC(C)(C)C. The molecule has 0 aliphatic carbocycles. The molecule has 2 aliphatic heterocycles. The first-order chi connectivity index (χ1) is 15.2. The molecule has 1 aromatic carbocycles. The van der Waals surface area contributed by atoms with Crippen LogP contribution < -0.4 is 10.2 Å². The molecular formula is C24H37BN2O6. The first-order valence-corrected chi connectivity index (χ1v) is 11.5. The maximum Gasteiger partial charge on any atom is 0.494 e. The Labute approximate surface area is 197 Å². The Hall–Kier alpha value is -2.26. The van der Waals surface area contributed by atoms with Gasteiger partial charge in [-0.05, 0) is 73.0 Å². The Morgan fingerprint density at radius 2 is 1.76 bits per heavy atom. The molecule has 1 aromatic rings. The van der Waals surface area contributed by atoms with Crippen LogP contribution in [0.4, 0.5) is 4.79 Å². The molecule has 2 saturated heterocycles. The van der Waals surface area contributed by atoms with Crippen LogP contribution in [0.3, 0.4) is 0 Å². The molecule has 182 valence electrons. The molecule has 3 rings (SSSR count). The molecule has 2 fully saturated rings. The van der Waals surface area contributed by atoms with Crippen LogP contribution in [0.5, 0.6) is 5.75 Å². The second kappa shape index (κ2) is 9.18. The molecule has 9 heteroatoms. The summed E-state index contributed by atoms with van der Waals surface area (Å²) in [5, 5.41) is 0. The van der Waals surface area contributed by atoms with Gasteiger partial charge in [0.05, 0.1) is 11.2 Å². The predicted molar refractivity (Wildman–Crippen MR) is 127 cm³/mol. The van der Waals surface area contributed by atoms with Crippen molar-refractivity contribution in [3.05, 3.63) is 24.3 Å². The highest BCUT2D eigenvalue weighted by atomic mass is 16.7. The summed E-state index contributed by atoms with van der Waals surface area (Å²) in [6, 6.07) is 7.31. The monoisotopic (exact) mass is 460 g/mol. The average molecular weight is 460 g/mol. The van der Waals surface area contributed by atoms with Crippen LogP contribution in [0, 0.1) is 0 Å². The molecule has 1 atom stereocenters. The Kier molecular flexibility index (Phi) is 7.06. The Morgan fingerprint density at radius 3 is 2.33 bits per heavy atom. The van der Waals surface area contributed by atoms with Gasteiger partial charge in [-0.2, -0.15) is 0 Å². The van der Waals surface area contributed by atoms with E-state index in [2.05, 4.69) is 0 Å². The van der Waals surface area contributed by atoms with Crippen LogP contribution in [0.15, 0.2) is 24.3 Å². The lowest BCUT2D eigenvalue weighted by molar-refractivity contribution is -0.136. The van der Waals surface area contributed by atoms with Crippen LogP contribution in [-0.2, 0) is 18.8 Å². The normalized spacial score (nSPS) is 22.3. The molecule has 0 radical (unpaired) electrons. The molecule has 33 heavy (non-hydrogen) atoms. The highest BCUT2D eigenvalue weighted by Gasteiger charge is 2.51. The van der Waals surface area contributed by atoms with Crippen molar-refractivity contribution in [3.8, 4) is 5.75 Å². The zero-order valence-electron chi connectivity index (χ0n) is 21.1. The zero-order valence-corrected chi connectivity index (χ0v) is 21.1. The smallest absolute Gasteiger partial charge is 0.484 e. The molecule has 0 bridgehead atoms. The molecular weight excluding hydrogens is 423 g/mol. The van der Waals surface area contributed by atoms with Crippen molar-refractivity contribution in [2.75, 3.05) is 26.2 Å². The molecule has 0 saturated carbocycles. The van der Waals surface area contributed by atoms with Crippen LogP contribution in [0.25, 0.3) is 0 Å². The first kappa shape index (κ1) is 25.4. The third-order valence-electron chi connectivity index (χ3n) is 6.35. The fourth-order valence-corrected chi connectivity index (χ4v) is 3.74. The molecule has 0 aromatic heterocycles. The second-order valence-electron chi connectivity index (χ2n) is 10.8. The minimum absolute atomic E-state index is 0.0774. The Morgan fingerprint density at radius 1 is 1.12 bits per heavy atom. The van der Waals surface area contributed by atoms with Crippen LogP contribution in [0.2, 0.25) is 0 Å². The highest BCUT2D eigenvalue weighted by Crippen LogP contribution is 2.36. The lowest BCUT2D eigenvalue weighted by atomic mass is 9.79. The summed E-state index contributed by atoms with van der Waals surface area (Å²) in [4.78, 5) is 28.5. The second-order valence-corrected chi connectivity index (χ2v) is 10.8. The van der Waals surface area contributed by atoms with E-state index in [9.17, 15) is 9.59 Å². The van der Waals surface area contributed by atoms with Gasteiger partial charge in [0.25, 0.3) is 5.91 Å². The number of ether oxygens (including phenoxy) is 2. The van der Waals surface area contributed by atoms with Crippen molar-refractivity contribution in [2.24, 2.45) is 0 Å². The van der Waals surface area contributed by atoms with Gasteiger partial charge in [-0.15, -0.1) is 0 Å². The van der Waals surface area contributed by atoms with E-state index in [0.29, 0.717) is 25.4 Å². The minimum atomic E-state index is -0.549. The van der Waals surface area contributed by atoms with Gasteiger partial charge in [-0.3, -0.25) is 4.79 Å². The van der Waals surface area contributed by atoms with Gasteiger partial charge in [0.15, 0.2) is 6.61 Å². The lowest BCUT2D eigenvalue weighted by Crippen LogP contribution is -2.56. The molecule has 0 spiro atoms. The first-order valence-electron chi connectivity index (χ1n) is 11.5. The third kappa shape index (κ3) is 6.01. The summed E-state index contributed by atoms with van der Waals surface area (Å²) in [6.07, 6.45) is -0.349. The molecule has 2 heterocycles. The fourth-order valence-electron chi connectivity index (χ4n) is 3.74. The summed E-state index contributed by atoms with van der Waals surface area (Å²) in [5.74, 6) is 0.461. The number of carbonyl (C=O) groups is 2. The maximum absolute atomic E-state index is 12.8. The fraction of sp³-hybridized carbons (Fsp3) is 0.667. The van der Waals surface area contributed by atoms with Crippen LogP contribution in [-0.4, -0.2) is 78.0 Å². The number of hydrogen-bond acceptors (Lipinski definition) is 6. The van der Waals surface area contributed by atoms with E-state index >= 15 is 0 Å². The largest absolute Gasteiger partial charge is 0.494 e. The van der Waals surface area contributed by atoms with E-state index in [1.807, 2.05) is 79.7 Å². The third-order valence-corrected chi connectivity index (χ3v) is 6.35. The van der Waals surface area contributed by atoms with Gasteiger partial charge in [0.1, 0.15) is 11.4 Å². The summed E-state index contributed by atoms with van der Waals surface area (Å²) >= 11 is 0. The standard InChI is InChI=1S/C24H37BN2O6/c1-17-15-26(12-13-27(17)21(29)31-22(2,3)4)20(28)16-30-19-11-9-10-18(14-19)25-32-23(5,6)24(7,8)33-25/h9-11,14,17H,12-13,15-16H2,1-8H3/t17-/m1/s1. The summed E-state index contributed by atoms with van der Waals surface area (Å²) in [5.41, 5.74) is -0.560. The number of benzene rings is 1.